The van der Waals surface area contributed by atoms with Crippen molar-refractivity contribution in [3.8, 4) is 0 Å². The van der Waals surface area contributed by atoms with Gasteiger partial charge in [-0.05, 0) is 36.6 Å². The van der Waals surface area contributed by atoms with Crippen molar-refractivity contribution in [3.63, 3.8) is 0 Å². The van der Waals surface area contributed by atoms with Gasteiger partial charge in [0.25, 0.3) is 0 Å². The lowest BCUT2D eigenvalue weighted by Gasteiger charge is -2.18. The summed E-state index contributed by atoms with van der Waals surface area (Å²) in [6.45, 7) is 5.34. The average Bonchev–Trinajstić information content (AvgIpc) is 2.36. The van der Waals surface area contributed by atoms with Gasteiger partial charge in [-0.3, -0.25) is 0 Å². The Balaban J connectivity index is 2.52. The summed E-state index contributed by atoms with van der Waals surface area (Å²) in [4.78, 5) is 0. The minimum atomic E-state index is 0.616. The van der Waals surface area contributed by atoms with E-state index in [9.17, 15) is 0 Å². The van der Waals surface area contributed by atoms with E-state index in [4.69, 9.17) is 11.6 Å². The number of halogens is 2. The van der Waals surface area contributed by atoms with Crippen LogP contribution in [-0.4, -0.2) is 6.04 Å². The molecule has 0 aromatic heterocycles. The Labute approximate surface area is 124 Å². The van der Waals surface area contributed by atoms with Gasteiger partial charge in [-0.1, -0.05) is 60.6 Å². The first-order chi connectivity index (χ1) is 8.67. The van der Waals surface area contributed by atoms with Crippen LogP contribution in [0.15, 0.2) is 22.7 Å². The zero-order valence-electron chi connectivity index (χ0n) is 11.3. The lowest BCUT2D eigenvalue weighted by molar-refractivity contribution is 0.434. The molecule has 0 amide bonds. The molecule has 0 radical (unpaired) electrons. The highest BCUT2D eigenvalue weighted by Gasteiger charge is 2.08. The van der Waals surface area contributed by atoms with Crippen molar-refractivity contribution in [2.45, 2.75) is 58.5 Å². The van der Waals surface area contributed by atoms with Gasteiger partial charge in [0.05, 0.1) is 0 Å². The molecule has 1 nitrogen and oxygen atoms in total. The summed E-state index contributed by atoms with van der Waals surface area (Å²) in [6, 6.07) is 6.64. The van der Waals surface area contributed by atoms with Crippen molar-refractivity contribution >= 4 is 27.5 Å². The van der Waals surface area contributed by atoms with Crippen molar-refractivity contribution in [1.29, 1.82) is 0 Å². The molecule has 0 saturated heterocycles. The van der Waals surface area contributed by atoms with Crippen LogP contribution in [0.3, 0.4) is 0 Å². The zero-order chi connectivity index (χ0) is 13.4. The van der Waals surface area contributed by atoms with Gasteiger partial charge in [0, 0.05) is 22.1 Å². The largest absolute Gasteiger partial charge is 0.310 e. The van der Waals surface area contributed by atoms with Crippen LogP contribution in [0.1, 0.15) is 51.5 Å². The molecular formula is C15H23BrClN. The fourth-order valence-corrected chi connectivity index (χ4v) is 2.67. The molecule has 102 valence electrons. The van der Waals surface area contributed by atoms with Gasteiger partial charge >= 0.3 is 0 Å². The highest BCUT2D eigenvalue weighted by atomic mass is 79.9. The van der Waals surface area contributed by atoms with Gasteiger partial charge in [0.1, 0.15) is 0 Å². The number of hydrogen-bond donors (Lipinski definition) is 1. The first kappa shape index (κ1) is 16.0. The van der Waals surface area contributed by atoms with Crippen molar-refractivity contribution in [2.24, 2.45) is 0 Å². The molecule has 3 heteroatoms. The monoisotopic (exact) mass is 331 g/mol. The van der Waals surface area contributed by atoms with E-state index in [1.807, 2.05) is 12.1 Å². The molecule has 18 heavy (non-hydrogen) atoms. The SMILES string of the molecule is CCCCC(CCC)NCc1cc(Br)ccc1Cl. The van der Waals surface area contributed by atoms with E-state index >= 15 is 0 Å². The Hall–Kier alpha value is -0.0500. The molecule has 0 heterocycles. The Kier molecular flexibility index (Phi) is 7.96. The molecule has 1 N–H and O–H groups in total. The lowest BCUT2D eigenvalue weighted by Crippen LogP contribution is -2.28. The number of hydrogen-bond acceptors (Lipinski definition) is 1. The fraction of sp³-hybridized carbons (Fsp3) is 0.600. The molecule has 0 bridgehead atoms. The summed E-state index contributed by atoms with van der Waals surface area (Å²) in [7, 11) is 0. The van der Waals surface area contributed by atoms with Crippen molar-refractivity contribution < 1.29 is 0 Å². The van der Waals surface area contributed by atoms with Crippen LogP contribution in [0.25, 0.3) is 0 Å². The second kappa shape index (κ2) is 8.95. The average molecular weight is 333 g/mol. The quantitative estimate of drug-likeness (QED) is 0.658. The van der Waals surface area contributed by atoms with Gasteiger partial charge in [-0.25, -0.2) is 0 Å². The molecule has 0 fully saturated rings. The van der Waals surface area contributed by atoms with Gasteiger partial charge in [0.15, 0.2) is 0 Å². The smallest absolute Gasteiger partial charge is 0.0451 e. The van der Waals surface area contributed by atoms with Gasteiger partial charge in [-0.15, -0.1) is 0 Å². The van der Waals surface area contributed by atoms with Crippen LogP contribution >= 0.6 is 27.5 Å². The van der Waals surface area contributed by atoms with Crippen molar-refractivity contribution in [3.05, 3.63) is 33.3 Å². The Morgan fingerprint density at radius 2 is 2.00 bits per heavy atom. The normalized spacial score (nSPS) is 12.7. The lowest BCUT2D eigenvalue weighted by atomic mass is 10.0. The molecule has 1 aromatic carbocycles. The maximum Gasteiger partial charge on any atom is 0.0451 e. The summed E-state index contributed by atoms with van der Waals surface area (Å²) in [6.07, 6.45) is 6.29. The van der Waals surface area contributed by atoms with Gasteiger partial charge < -0.3 is 5.32 Å². The van der Waals surface area contributed by atoms with Gasteiger partial charge in [0.2, 0.25) is 0 Å². The highest BCUT2D eigenvalue weighted by Crippen LogP contribution is 2.21. The third kappa shape index (κ3) is 5.73. The minimum Gasteiger partial charge on any atom is -0.310 e. The first-order valence-corrected chi connectivity index (χ1v) is 8.01. The summed E-state index contributed by atoms with van der Waals surface area (Å²) < 4.78 is 1.09. The molecule has 1 rings (SSSR count). The van der Waals surface area contributed by atoms with E-state index < -0.39 is 0 Å². The number of nitrogens with one attached hydrogen (secondary N) is 1. The standard InChI is InChI=1S/C15H23BrClN/c1-3-5-7-14(6-4-2)18-11-12-10-13(16)8-9-15(12)17/h8-10,14,18H,3-7,11H2,1-2H3. The molecule has 0 aliphatic heterocycles. The molecule has 0 spiro atoms. The molecule has 0 aliphatic rings. The van der Waals surface area contributed by atoms with Crippen LogP contribution in [-0.2, 0) is 6.54 Å². The number of benzene rings is 1. The Morgan fingerprint density at radius 1 is 1.22 bits per heavy atom. The summed E-state index contributed by atoms with van der Waals surface area (Å²) in [5.74, 6) is 0. The second-order valence-corrected chi connectivity index (χ2v) is 6.07. The van der Waals surface area contributed by atoms with E-state index in [1.165, 1.54) is 37.7 Å². The molecule has 1 unspecified atom stereocenters. The summed E-state index contributed by atoms with van der Waals surface area (Å²) >= 11 is 9.69. The maximum absolute atomic E-state index is 6.20. The van der Waals surface area contributed by atoms with Crippen LogP contribution < -0.4 is 5.32 Å². The Morgan fingerprint density at radius 3 is 2.67 bits per heavy atom. The van der Waals surface area contributed by atoms with E-state index in [0.29, 0.717) is 6.04 Å². The van der Waals surface area contributed by atoms with Gasteiger partial charge in [-0.2, -0.15) is 0 Å². The van der Waals surface area contributed by atoms with Crippen molar-refractivity contribution in [1.82, 2.24) is 5.32 Å². The molecule has 1 aromatic rings. The maximum atomic E-state index is 6.20. The fourth-order valence-electron chi connectivity index (χ4n) is 2.08. The first-order valence-electron chi connectivity index (χ1n) is 6.84. The van der Waals surface area contributed by atoms with E-state index in [2.05, 4.69) is 41.2 Å². The zero-order valence-corrected chi connectivity index (χ0v) is 13.6. The second-order valence-electron chi connectivity index (χ2n) is 4.74. The van der Waals surface area contributed by atoms with Crippen molar-refractivity contribution in [2.75, 3.05) is 0 Å². The van der Waals surface area contributed by atoms with E-state index in [1.54, 1.807) is 0 Å². The van der Waals surface area contributed by atoms with E-state index in [-0.39, 0.29) is 0 Å². The van der Waals surface area contributed by atoms with Crippen LogP contribution in [0.5, 0.6) is 0 Å². The number of rotatable bonds is 8. The van der Waals surface area contributed by atoms with E-state index in [0.717, 1.165) is 16.0 Å². The Bertz CT molecular complexity index is 354. The third-order valence-corrected chi connectivity index (χ3v) is 3.99. The molecular weight excluding hydrogens is 310 g/mol. The summed E-state index contributed by atoms with van der Waals surface area (Å²) in [5.41, 5.74) is 1.17. The predicted molar refractivity (Wildman–Crippen MR) is 84.2 cm³/mol. The van der Waals surface area contributed by atoms with Crippen LogP contribution in [0.2, 0.25) is 5.02 Å². The number of unbranched alkanes of at least 4 members (excludes halogenated alkanes) is 1. The molecule has 0 aliphatic carbocycles. The predicted octanol–water partition coefficient (Wildman–Crippen LogP) is 5.55. The molecule has 0 saturated carbocycles. The highest BCUT2D eigenvalue weighted by molar-refractivity contribution is 9.10. The van der Waals surface area contributed by atoms with Crippen LogP contribution in [0, 0.1) is 0 Å². The molecule has 1 atom stereocenters. The third-order valence-electron chi connectivity index (χ3n) is 3.13. The van der Waals surface area contributed by atoms with Crippen LogP contribution in [0.4, 0.5) is 0 Å². The topological polar surface area (TPSA) is 12.0 Å². The minimum absolute atomic E-state index is 0.616. The summed E-state index contributed by atoms with van der Waals surface area (Å²) in [5, 5.41) is 4.48.